The van der Waals surface area contributed by atoms with Gasteiger partial charge in [-0.25, -0.2) is 4.57 Å². The second-order valence-electron chi connectivity index (χ2n) is 25.8. The number of ether oxygens (including phenoxy) is 1. The first kappa shape index (κ1) is 79.5. The Hall–Kier alpha value is -1.51. The summed E-state index contributed by atoms with van der Waals surface area (Å²) < 4.78 is 30.8. The van der Waals surface area contributed by atoms with Gasteiger partial charge in [0, 0.05) is 12.8 Å². The Labute approximate surface area is 504 Å². The third-order valence-corrected chi connectivity index (χ3v) is 17.4. The zero-order valence-electron chi connectivity index (χ0n) is 55.1. The highest BCUT2D eigenvalue weighted by molar-refractivity contribution is 7.47. The number of allylic oxidation sites excluding steroid dienone is 3. The number of nitrogens with one attached hydrogen (secondary N) is 1. The lowest BCUT2D eigenvalue weighted by Gasteiger charge is -2.27. The minimum absolute atomic E-state index is 0.0447. The van der Waals surface area contributed by atoms with Crippen molar-refractivity contribution in [2.45, 2.75) is 380 Å². The van der Waals surface area contributed by atoms with Crippen LogP contribution >= 0.6 is 7.82 Å². The number of amides is 1. The molecule has 10 heteroatoms. The number of hydrogen-bond acceptors (Lipinski definition) is 6. The van der Waals surface area contributed by atoms with E-state index in [-0.39, 0.29) is 25.1 Å². The maximum Gasteiger partial charge on any atom is 0.472 e. The predicted molar refractivity (Wildman–Crippen MR) is 351 cm³/mol. The second-order valence-corrected chi connectivity index (χ2v) is 27.2. The number of quaternary nitrogens is 1. The van der Waals surface area contributed by atoms with E-state index < -0.39 is 20.0 Å². The molecule has 0 aromatic heterocycles. The molecule has 3 unspecified atom stereocenters. The third kappa shape index (κ3) is 62.8. The van der Waals surface area contributed by atoms with Crippen LogP contribution in [0.4, 0.5) is 0 Å². The fourth-order valence-electron chi connectivity index (χ4n) is 10.9. The van der Waals surface area contributed by atoms with Crippen molar-refractivity contribution in [2.24, 2.45) is 0 Å². The smallest absolute Gasteiger partial charge is 0.456 e. The lowest BCUT2D eigenvalue weighted by Crippen LogP contribution is -2.47. The van der Waals surface area contributed by atoms with E-state index in [2.05, 4.69) is 44.3 Å². The molecule has 0 heterocycles. The molecular formula is C71H140N2O7P+. The molecule has 0 aliphatic heterocycles. The van der Waals surface area contributed by atoms with E-state index >= 15 is 0 Å². The zero-order chi connectivity index (χ0) is 59.3. The molecule has 0 aliphatic carbocycles. The fourth-order valence-corrected chi connectivity index (χ4v) is 11.6. The zero-order valence-corrected chi connectivity index (χ0v) is 56.0. The van der Waals surface area contributed by atoms with Crippen molar-refractivity contribution in [3.05, 3.63) is 24.3 Å². The van der Waals surface area contributed by atoms with Gasteiger partial charge in [0.25, 0.3) is 0 Å². The van der Waals surface area contributed by atoms with Crippen molar-refractivity contribution in [1.29, 1.82) is 0 Å². The number of carbonyl (C=O) groups excluding carboxylic acids is 2. The Bertz CT molecular complexity index is 1430. The van der Waals surface area contributed by atoms with Crippen molar-refractivity contribution in [3.63, 3.8) is 0 Å². The first-order valence-electron chi connectivity index (χ1n) is 35.7. The van der Waals surface area contributed by atoms with Gasteiger partial charge in [-0.1, -0.05) is 322 Å². The van der Waals surface area contributed by atoms with Crippen molar-refractivity contribution < 1.29 is 37.3 Å². The van der Waals surface area contributed by atoms with Gasteiger partial charge in [0.1, 0.15) is 19.3 Å². The maximum absolute atomic E-state index is 13.6. The summed E-state index contributed by atoms with van der Waals surface area (Å²) in [4.78, 5) is 37.9. The van der Waals surface area contributed by atoms with E-state index in [1.807, 2.05) is 27.2 Å². The standard InChI is InChI=1S/C71H139N2O7P/c1-7-10-13-16-19-22-25-28-30-32-33-34-35-36-37-38-39-41-42-45-48-51-54-57-60-63-70(74)72-68(67-79-81(76,77)78-66-65-73(4,5)6)69(62-59-56-53-50-47-44-27-24-21-18-15-12-9-3)80-71(75)64-61-58-55-52-49-46-43-40-31-29-26-23-20-17-14-11-8-2/h28,30,59,62,68-69H,7-27,29,31-58,60-61,63-67H2,1-6H3,(H-,72,74,76,77)/p+1/b30-28+,62-59-. The maximum atomic E-state index is 13.6. The highest BCUT2D eigenvalue weighted by atomic mass is 31.2. The molecule has 0 saturated heterocycles. The van der Waals surface area contributed by atoms with E-state index in [0.29, 0.717) is 23.9 Å². The minimum Gasteiger partial charge on any atom is -0.456 e. The molecule has 0 fully saturated rings. The van der Waals surface area contributed by atoms with Crippen LogP contribution in [0.15, 0.2) is 24.3 Å². The summed E-state index contributed by atoms with van der Waals surface area (Å²) in [5.74, 6) is -0.481. The molecule has 0 spiro atoms. The number of esters is 1. The average Bonchev–Trinajstić information content (AvgIpc) is 3.44. The topological polar surface area (TPSA) is 111 Å². The van der Waals surface area contributed by atoms with Gasteiger partial charge in [-0.2, -0.15) is 0 Å². The van der Waals surface area contributed by atoms with Gasteiger partial charge in [0.15, 0.2) is 0 Å². The molecule has 9 nitrogen and oxygen atoms in total. The van der Waals surface area contributed by atoms with Crippen LogP contribution < -0.4 is 5.32 Å². The van der Waals surface area contributed by atoms with Gasteiger partial charge in [0.05, 0.1) is 33.8 Å². The van der Waals surface area contributed by atoms with Crippen LogP contribution in [0.1, 0.15) is 367 Å². The minimum atomic E-state index is -4.45. The number of nitrogens with zero attached hydrogens (tertiary/aromatic N) is 1. The molecule has 0 aliphatic rings. The van der Waals surface area contributed by atoms with Crippen LogP contribution in [0.3, 0.4) is 0 Å². The highest BCUT2D eigenvalue weighted by Crippen LogP contribution is 2.43. The molecule has 0 radical (unpaired) electrons. The number of carbonyl (C=O) groups is 2. The molecular weight excluding hydrogens is 1020 g/mol. The van der Waals surface area contributed by atoms with Gasteiger partial charge in [-0.05, 0) is 57.4 Å². The van der Waals surface area contributed by atoms with Crippen molar-refractivity contribution in [1.82, 2.24) is 5.32 Å². The highest BCUT2D eigenvalue weighted by Gasteiger charge is 2.30. The average molecular weight is 1160 g/mol. The SMILES string of the molecule is CCCCCCCC/C=C/CCCCCCCCCCCCCCCCCC(=O)NC(COP(=O)(O)OCC[N+](C)(C)C)C(/C=C\CCCCCCCCCCCCC)OC(=O)CCCCCCCCCCCCCCCCCCC. The van der Waals surface area contributed by atoms with Gasteiger partial charge < -0.3 is 19.4 Å². The molecule has 0 saturated carbocycles. The lowest BCUT2D eigenvalue weighted by molar-refractivity contribution is -0.870. The fraction of sp³-hybridized carbons (Fsp3) is 0.915. The Balaban J connectivity index is 5.04. The lowest BCUT2D eigenvalue weighted by atomic mass is 10.0. The van der Waals surface area contributed by atoms with Gasteiger partial charge in [0.2, 0.25) is 5.91 Å². The van der Waals surface area contributed by atoms with Crippen LogP contribution in [0.25, 0.3) is 0 Å². The molecule has 3 atom stereocenters. The number of phosphoric ester groups is 1. The van der Waals surface area contributed by atoms with E-state index in [1.165, 1.54) is 276 Å². The number of phosphoric acid groups is 1. The molecule has 480 valence electrons. The molecule has 2 N–H and O–H groups in total. The van der Waals surface area contributed by atoms with Gasteiger partial charge in [-0.15, -0.1) is 0 Å². The Morgan fingerprint density at radius 1 is 0.420 bits per heavy atom. The summed E-state index contributed by atoms with van der Waals surface area (Å²) >= 11 is 0. The molecule has 0 rings (SSSR count). The molecule has 0 aromatic carbocycles. The number of likely N-dealkylation sites (N-methyl/N-ethyl adjacent to an activating group) is 1. The van der Waals surface area contributed by atoms with Crippen LogP contribution in [0, 0.1) is 0 Å². The van der Waals surface area contributed by atoms with Crippen LogP contribution in [-0.4, -0.2) is 74.3 Å². The Morgan fingerprint density at radius 2 is 0.716 bits per heavy atom. The van der Waals surface area contributed by atoms with Crippen molar-refractivity contribution >= 4 is 19.7 Å². The van der Waals surface area contributed by atoms with Crippen molar-refractivity contribution in [3.8, 4) is 0 Å². The number of hydrogen-bond donors (Lipinski definition) is 2. The summed E-state index contributed by atoms with van der Waals surface area (Å²) in [6, 6.07) is -0.843. The van der Waals surface area contributed by atoms with E-state index in [9.17, 15) is 19.0 Å². The summed E-state index contributed by atoms with van der Waals surface area (Å²) in [7, 11) is 1.52. The largest absolute Gasteiger partial charge is 0.472 e. The Morgan fingerprint density at radius 3 is 1.05 bits per heavy atom. The monoisotopic (exact) mass is 1160 g/mol. The second kappa shape index (κ2) is 61.6. The summed E-state index contributed by atoms with van der Waals surface area (Å²) in [5, 5.41) is 3.08. The number of unbranched alkanes of at least 4 members (excludes halogenated alkanes) is 48. The number of rotatable bonds is 66. The van der Waals surface area contributed by atoms with E-state index in [1.54, 1.807) is 0 Å². The van der Waals surface area contributed by atoms with Crippen LogP contribution in [0.5, 0.6) is 0 Å². The van der Waals surface area contributed by atoms with E-state index in [0.717, 1.165) is 57.8 Å². The quantitative estimate of drug-likeness (QED) is 0.0205. The third-order valence-electron chi connectivity index (χ3n) is 16.4. The molecule has 81 heavy (non-hydrogen) atoms. The summed E-state index contributed by atoms with van der Waals surface area (Å²) in [6.45, 7) is 7.08. The first-order valence-corrected chi connectivity index (χ1v) is 37.2. The molecule has 0 bridgehead atoms. The Kier molecular flexibility index (Phi) is 60.4. The normalized spacial score (nSPS) is 13.6. The summed E-state index contributed by atoms with van der Waals surface area (Å²) in [5.41, 5.74) is 0. The van der Waals surface area contributed by atoms with Crippen molar-refractivity contribution in [2.75, 3.05) is 40.9 Å². The van der Waals surface area contributed by atoms with Gasteiger partial charge >= 0.3 is 13.8 Å². The molecule has 1 amide bonds. The predicted octanol–water partition coefficient (Wildman–Crippen LogP) is 22.5. The first-order chi connectivity index (χ1) is 39.4. The van der Waals surface area contributed by atoms with E-state index in [4.69, 9.17) is 13.8 Å². The van der Waals surface area contributed by atoms with Gasteiger partial charge in [-0.3, -0.25) is 18.6 Å². The van der Waals surface area contributed by atoms with Crippen LogP contribution in [0.2, 0.25) is 0 Å². The summed E-state index contributed by atoms with van der Waals surface area (Å²) in [6.07, 6.45) is 74.7. The van der Waals surface area contributed by atoms with Crippen LogP contribution in [-0.2, 0) is 27.9 Å². The molecule has 0 aromatic rings.